The quantitative estimate of drug-likeness (QED) is 0.168. The second kappa shape index (κ2) is 13.1. The van der Waals surface area contributed by atoms with E-state index in [1.54, 1.807) is 36.4 Å². The molecule has 0 bridgehead atoms. The smallest absolute Gasteiger partial charge is 0.335 e. The Labute approximate surface area is 248 Å². The van der Waals surface area contributed by atoms with Gasteiger partial charge in [-0.3, -0.25) is 14.9 Å². The first-order valence-corrected chi connectivity index (χ1v) is 13.6. The number of imide groups is 2. The number of benzene rings is 4. The SMILES string of the molecule is CCOc1cc(COc2ccc(/C=C3/C(=O)NC(=O)N(c4ccc(Cl)cc4)C3=O)cc2)ccc1OCc1ccccc1. The van der Waals surface area contributed by atoms with Gasteiger partial charge in [0.05, 0.1) is 12.3 Å². The van der Waals surface area contributed by atoms with Crippen molar-refractivity contribution < 1.29 is 28.6 Å². The Morgan fingerprint density at radius 3 is 2.19 bits per heavy atom. The Morgan fingerprint density at radius 1 is 0.762 bits per heavy atom. The molecule has 4 aromatic rings. The normalized spacial score (nSPS) is 14.1. The first-order chi connectivity index (χ1) is 20.4. The summed E-state index contributed by atoms with van der Waals surface area (Å²) in [7, 11) is 0. The molecule has 4 aromatic carbocycles. The molecule has 42 heavy (non-hydrogen) atoms. The third-order valence-corrected chi connectivity index (χ3v) is 6.58. The van der Waals surface area contributed by atoms with Crippen molar-refractivity contribution in [3.8, 4) is 17.2 Å². The number of ether oxygens (including phenoxy) is 3. The number of nitrogens with zero attached hydrogens (tertiary/aromatic N) is 1. The van der Waals surface area contributed by atoms with Crippen molar-refractivity contribution in [2.75, 3.05) is 11.5 Å². The maximum Gasteiger partial charge on any atom is 0.335 e. The van der Waals surface area contributed by atoms with Gasteiger partial charge in [-0.1, -0.05) is 60.1 Å². The van der Waals surface area contributed by atoms with Gasteiger partial charge < -0.3 is 14.2 Å². The number of anilines is 1. The van der Waals surface area contributed by atoms with Gasteiger partial charge in [-0.15, -0.1) is 0 Å². The summed E-state index contributed by atoms with van der Waals surface area (Å²) in [6, 6.07) is 27.9. The van der Waals surface area contributed by atoms with Crippen molar-refractivity contribution in [2.45, 2.75) is 20.1 Å². The minimum Gasteiger partial charge on any atom is -0.490 e. The largest absolute Gasteiger partial charge is 0.490 e. The fourth-order valence-corrected chi connectivity index (χ4v) is 4.37. The molecule has 1 saturated heterocycles. The van der Waals surface area contributed by atoms with E-state index >= 15 is 0 Å². The lowest BCUT2D eigenvalue weighted by Crippen LogP contribution is -2.54. The van der Waals surface area contributed by atoms with E-state index in [0.717, 1.165) is 16.0 Å². The molecule has 0 spiro atoms. The summed E-state index contributed by atoms with van der Waals surface area (Å²) < 4.78 is 17.7. The van der Waals surface area contributed by atoms with Gasteiger partial charge >= 0.3 is 6.03 Å². The van der Waals surface area contributed by atoms with E-state index < -0.39 is 17.8 Å². The van der Waals surface area contributed by atoms with Crippen LogP contribution in [0, 0.1) is 0 Å². The van der Waals surface area contributed by atoms with Gasteiger partial charge in [-0.25, -0.2) is 9.69 Å². The molecule has 1 N–H and O–H groups in total. The molecule has 0 aliphatic carbocycles. The number of hydrogen-bond acceptors (Lipinski definition) is 6. The standard InChI is InChI=1S/C33H27ClN2O6/c1-2-40-30-19-24(10-17-29(30)42-20-23-6-4-3-5-7-23)21-41-27-15-8-22(9-16-27)18-28-31(37)35-33(39)36(32(28)38)26-13-11-25(34)12-14-26/h3-19H,2,20-21H2,1H3,(H,35,37,39)/b28-18-. The number of carbonyl (C=O) groups excluding carboxylic acids is 3. The number of urea groups is 1. The molecular weight excluding hydrogens is 556 g/mol. The van der Waals surface area contributed by atoms with Crippen LogP contribution in [0.3, 0.4) is 0 Å². The van der Waals surface area contributed by atoms with Crippen LogP contribution in [0.1, 0.15) is 23.6 Å². The van der Waals surface area contributed by atoms with Crippen molar-refractivity contribution in [3.63, 3.8) is 0 Å². The molecule has 0 radical (unpaired) electrons. The number of amides is 4. The molecule has 1 aliphatic rings. The van der Waals surface area contributed by atoms with Crippen LogP contribution in [0.5, 0.6) is 17.2 Å². The van der Waals surface area contributed by atoms with Crippen molar-refractivity contribution in [2.24, 2.45) is 0 Å². The van der Waals surface area contributed by atoms with E-state index in [-0.39, 0.29) is 5.57 Å². The van der Waals surface area contributed by atoms with Crippen LogP contribution >= 0.6 is 11.6 Å². The van der Waals surface area contributed by atoms with Gasteiger partial charge in [0.2, 0.25) is 0 Å². The molecule has 0 unspecified atom stereocenters. The molecule has 8 nitrogen and oxygen atoms in total. The predicted molar refractivity (Wildman–Crippen MR) is 160 cm³/mol. The number of halogens is 1. The zero-order valence-electron chi connectivity index (χ0n) is 22.7. The zero-order chi connectivity index (χ0) is 29.5. The van der Waals surface area contributed by atoms with Crippen molar-refractivity contribution in [1.29, 1.82) is 0 Å². The minimum absolute atomic E-state index is 0.170. The highest BCUT2D eigenvalue weighted by Crippen LogP contribution is 2.30. The minimum atomic E-state index is -0.823. The first kappa shape index (κ1) is 28.4. The topological polar surface area (TPSA) is 94.2 Å². The van der Waals surface area contributed by atoms with Crippen LogP contribution in [-0.4, -0.2) is 24.5 Å². The van der Waals surface area contributed by atoms with Gasteiger partial charge in [-0.05, 0) is 78.2 Å². The fourth-order valence-electron chi connectivity index (χ4n) is 4.24. The summed E-state index contributed by atoms with van der Waals surface area (Å²) in [5.41, 5.74) is 2.67. The van der Waals surface area contributed by atoms with Gasteiger partial charge in [-0.2, -0.15) is 0 Å². The Morgan fingerprint density at radius 2 is 1.48 bits per heavy atom. The maximum absolute atomic E-state index is 13.1. The predicted octanol–water partition coefficient (Wildman–Crippen LogP) is 6.56. The lowest BCUT2D eigenvalue weighted by molar-refractivity contribution is -0.122. The highest BCUT2D eigenvalue weighted by Gasteiger charge is 2.36. The van der Waals surface area contributed by atoms with E-state index in [1.807, 2.05) is 55.5 Å². The number of barbiturate groups is 1. The lowest BCUT2D eigenvalue weighted by Gasteiger charge is -2.26. The first-order valence-electron chi connectivity index (χ1n) is 13.2. The number of nitrogens with one attached hydrogen (secondary N) is 1. The Bertz CT molecular complexity index is 1620. The molecule has 212 valence electrons. The third kappa shape index (κ3) is 6.79. The van der Waals surface area contributed by atoms with Crippen molar-refractivity contribution >= 4 is 41.2 Å². The van der Waals surface area contributed by atoms with Crippen LogP contribution in [-0.2, 0) is 22.8 Å². The highest BCUT2D eigenvalue weighted by molar-refractivity contribution is 6.39. The van der Waals surface area contributed by atoms with Crippen molar-refractivity contribution in [1.82, 2.24) is 5.32 Å². The summed E-state index contributed by atoms with van der Waals surface area (Å²) in [4.78, 5) is 38.8. The van der Waals surface area contributed by atoms with Gasteiger partial charge in [0, 0.05) is 5.02 Å². The number of carbonyl (C=O) groups is 3. The van der Waals surface area contributed by atoms with Crippen LogP contribution in [0.15, 0.2) is 103 Å². The summed E-state index contributed by atoms with van der Waals surface area (Å²) >= 11 is 5.92. The monoisotopic (exact) mass is 582 g/mol. The lowest BCUT2D eigenvalue weighted by atomic mass is 10.1. The second-order valence-electron chi connectivity index (χ2n) is 9.28. The Kier molecular flexibility index (Phi) is 8.84. The van der Waals surface area contributed by atoms with Gasteiger partial charge in [0.15, 0.2) is 11.5 Å². The van der Waals surface area contributed by atoms with E-state index in [0.29, 0.717) is 53.3 Å². The van der Waals surface area contributed by atoms with Crippen LogP contribution in [0.2, 0.25) is 5.02 Å². The maximum atomic E-state index is 13.1. The van der Waals surface area contributed by atoms with Crippen molar-refractivity contribution in [3.05, 3.63) is 124 Å². The molecule has 0 atom stereocenters. The Hall–Kier alpha value is -5.08. The zero-order valence-corrected chi connectivity index (χ0v) is 23.5. The van der Waals surface area contributed by atoms with Gasteiger partial charge in [0.1, 0.15) is 24.5 Å². The van der Waals surface area contributed by atoms with Crippen LogP contribution < -0.4 is 24.4 Å². The summed E-state index contributed by atoms with van der Waals surface area (Å²) in [5, 5.41) is 2.66. The van der Waals surface area contributed by atoms with E-state index in [4.69, 9.17) is 25.8 Å². The van der Waals surface area contributed by atoms with Crippen LogP contribution in [0.25, 0.3) is 6.08 Å². The molecule has 1 fully saturated rings. The van der Waals surface area contributed by atoms with Gasteiger partial charge in [0.25, 0.3) is 11.8 Å². The second-order valence-corrected chi connectivity index (χ2v) is 9.72. The fraction of sp³-hybridized carbons (Fsp3) is 0.121. The molecule has 0 aromatic heterocycles. The number of rotatable bonds is 10. The molecular formula is C33H27ClN2O6. The average molecular weight is 583 g/mol. The number of hydrogen-bond donors (Lipinski definition) is 1. The summed E-state index contributed by atoms with van der Waals surface area (Å²) in [6.07, 6.45) is 1.43. The average Bonchev–Trinajstić information content (AvgIpc) is 3.00. The molecule has 0 saturated carbocycles. The molecule has 5 rings (SSSR count). The van der Waals surface area contributed by atoms with E-state index in [2.05, 4.69) is 5.32 Å². The molecule has 1 heterocycles. The van der Waals surface area contributed by atoms with Crippen LogP contribution in [0.4, 0.5) is 10.5 Å². The highest BCUT2D eigenvalue weighted by atomic mass is 35.5. The summed E-state index contributed by atoms with van der Waals surface area (Å²) in [5.74, 6) is 0.388. The third-order valence-electron chi connectivity index (χ3n) is 6.33. The van der Waals surface area contributed by atoms with E-state index in [1.165, 1.54) is 18.2 Å². The molecule has 1 aliphatic heterocycles. The Balaban J connectivity index is 1.24. The summed E-state index contributed by atoms with van der Waals surface area (Å²) in [6.45, 7) is 3.13. The molecule has 4 amide bonds. The van der Waals surface area contributed by atoms with E-state index in [9.17, 15) is 14.4 Å². The molecule has 9 heteroatoms.